The third-order valence-electron chi connectivity index (χ3n) is 4.68. The fraction of sp³-hybridized carbons (Fsp3) is 0.421. The largest absolute Gasteiger partial charge is 0.462 e. The van der Waals surface area contributed by atoms with Gasteiger partial charge in [-0.1, -0.05) is 6.07 Å². The van der Waals surface area contributed by atoms with E-state index < -0.39 is 21.9 Å². The summed E-state index contributed by atoms with van der Waals surface area (Å²) in [5.74, 6) is -1.24. The number of piperidine rings is 1. The zero-order valence-electron chi connectivity index (χ0n) is 16.4. The lowest BCUT2D eigenvalue weighted by molar-refractivity contribution is -0.120. The first-order valence-corrected chi connectivity index (χ1v) is 10.8. The number of amides is 1. The molecule has 0 bridgehead atoms. The Hall–Kier alpha value is -2.72. The number of hydrogen-bond acceptors (Lipinski definition) is 6. The van der Waals surface area contributed by atoms with E-state index in [0.717, 1.165) is 0 Å². The quantitative estimate of drug-likeness (QED) is 0.711. The van der Waals surface area contributed by atoms with Gasteiger partial charge in [0.25, 0.3) is 10.0 Å². The van der Waals surface area contributed by atoms with Gasteiger partial charge in [0.1, 0.15) is 0 Å². The van der Waals surface area contributed by atoms with Gasteiger partial charge in [-0.05, 0) is 38.0 Å². The van der Waals surface area contributed by atoms with Crippen molar-refractivity contribution in [2.75, 3.05) is 25.0 Å². The van der Waals surface area contributed by atoms with Gasteiger partial charge < -0.3 is 14.6 Å². The molecule has 1 aromatic heterocycles. The van der Waals surface area contributed by atoms with Crippen molar-refractivity contribution in [3.8, 4) is 0 Å². The first-order chi connectivity index (χ1) is 13.8. The Morgan fingerprint density at radius 1 is 1.34 bits per heavy atom. The second-order valence-electron chi connectivity index (χ2n) is 6.87. The van der Waals surface area contributed by atoms with E-state index in [2.05, 4.69) is 10.3 Å². The number of hydrogen-bond donors (Lipinski definition) is 1. The molecule has 1 unspecified atom stereocenters. The topological polar surface area (TPSA) is 111 Å². The molecule has 0 spiro atoms. The Morgan fingerprint density at radius 3 is 2.83 bits per heavy atom. The van der Waals surface area contributed by atoms with Crippen molar-refractivity contribution in [3.05, 3.63) is 42.4 Å². The zero-order valence-corrected chi connectivity index (χ0v) is 17.2. The summed E-state index contributed by atoms with van der Waals surface area (Å²) in [4.78, 5) is 28.5. The van der Waals surface area contributed by atoms with Gasteiger partial charge in [0.15, 0.2) is 5.03 Å². The van der Waals surface area contributed by atoms with Gasteiger partial charge in [0, 0.05) is 32.0 Å². The van der Waals surface area contributed by atoms with Gasteiger partial charge >= 0.3 is 5.97 Å². The number of carbonyl (C=O) groups is 2. The number of ether oxygens (including phenoxy) is 1. The number of nitrogens with one attached hydrogen (secondary N) is 1. The highest BCUT2D eigenvalue weighted by atomic mass is 32.2. The highest BCUT2D eigenvalue weighted by Crippen LogP contribution is 2.24. The molecule has 1 N–H and O–H groups in total. The third-order valence-corrected chi connectivity index (χ3v) is 6.43. The van der Waals surface area contributed by atoms with Gasteiger partial charge in [-0.25, -0.2) is 18.2 Å². The van der Waals surface area contributed by atoms with Crippen molar-refractivity contribution < 1.29 is 22.7 Å². The molecule has 156 valence electrons. The number of imidazole rings is 1. The minimum absolute atomic E-state index is 0.0248. The molecule has 3 rings (SSSR count). The smallest absolute Gasteiger partial charge is 0.338 e. The van der Waals surface area contributed by atoms with Crippen LogP contribution < -0.4 is 5.32 Å². The van der Waals surface area contributed by atoms with Gasteiger partial charge in [-0.2, -0.15) is 4.31 Å². The van der Waals surface area contributed by atoms with Gasteiger partial charge in [-0.3, -0.25) is 4.79 Å². The van der Waals surface area contributed by atoms with Crippen molar-refractivity contribution >= 4 is 27.6 Å². The average Bonchev–Trinajstić information content (AvgIpc) is 3.16. The van der Waals surface area contributed by atoms with Crippen LogP contribution in [0.25, 0.3) is 0 Å². The molecule has 1 saturated heterocycles. The maximum Gasteiger partial charge on any atom is 0.338 e. The monoisotopic (exact) mass is 420 g/mol. The number of aryl methyl sites for hydroxylation is 1. The molecule has 29 heavy (non-hydrogen) atoms. The highest BCUT2D eigenvalue weighted by Gasteiger charge is 2.34. The predicted molar refractivity (Wildman–Crippen MR) is 106 cm³/mol. The number of esters is 1. The van der Waals surface area contributed by atoms with Crippen LogP contribution in [-0.4, -0.2) is 53.8 Å². The molecule has 1 aromatic carbocycles. The Bertz CT molecular complexity index is 1000. The van der Waals surface area contributed by atoms with Crippen LogP contribution in [0.2, 0.25) is 0 Å². The predicted octanol–water partition coefficient (Wildman–Crippen LogP) is 1.64. The maximum absolute atomic E-state index is 12.8. The number of aromatic nitrogens is 2. The summed E-state index contributed by atoms with van der Waals surface area (Å²) in [5.41, 5.74) is 0.804. The molecular weight excluding hydrogens is 396 g/mol. The minimum Gasteiger partial charge on any atom is -0.462 e. The van der Waals surface area contributed by atoms with Crippen molar-refractivity contribution in [1.29, 1.82) is 0 Å². The molecule has 1 aliphatic heterocycles. The maximum atomic E-state index is 12.8. The van der Waals surface area contributed by atoms with E-state index in [1.54, 1.807) is 42.8 Å². The molecule has 1 atom stereocenters. The van der Waals surface area contributed by atoms with Crippen LogP contribution in [-0.2, 0) is 26.6 Å². The summed E-state index contributed by atoms with van der Waals surface area (Å²) < 4.78 is 33.4. The molecule has 10 heteroatoms. The Balaban J connectivity index is 1.69. The number of nitrogens with zero attached hydrogens (tertiary/aromatic N) is 3. The SMILES string of the molecule is CCOC(=O)c1cccc(NC(=O)C2CCCN(S(=O)(=O)c3cn(C)cn3)C2)c1. The number of anilines is 1. The molecule has 2 heterocycles. The number of rotatable bonds is 6. The number of sulfonamides is 1. The van der Waals surface area contributed by atoms with E-state index in [1.165, 1.54) is 16.8 Å². The van der Waals surface area contributed by atoms with Crippen LogP contribution in [0.5, 0.6) is 0 Å². The summed E-state index contributed by atoms with van der Waals surface area (Å²) in [7, 11) is -2.05. The summed E-state index contributed by atoms with van der Waals surface area (Å²) in [6.45, 7) is 2.42. The van der Waals surface area contributed by atoms with Crippen LogP contribution in [0.1, 0.15) is 30.1 Å². The molecule has 1 fully saturated rings. The second kappa shape index (κ2) is 8.75. The zero-order chi connectivity index (χ0) is 21.0. The molecule has 9 nitrogen and oxygen atoms in total. The average molecular weight is 420 g/mol. The lowest BCUT2D eigenvalue weighted by Crippen LogP contribution is -2.43. The van der Waals surface area contributed by atoms with Gasteiger partial charge in [0.05, 0.1) is 24.4 Å². The second-order valence-corrected chi connectivity index (χ2v) is 8.75. The molecule has 1 aliphatic rings. The molecule has 0 aliphatic carbocycles. The highest BCUT2D eigenvalue weighted by molar-refractivity contribution is 7.89. The fourth-order valence-electron chi connectivity index (χ4n) is 3.21. The molecule has 0 radical (unpaired) electrons. The van der Waals surface area contributed by atoms with E-state index in [4.69, 9.17) is 4.74 Å². The first kappa shape index (κ1) is 21.0. The fourth-order valence-corrected chi connectivity index (χ4v) is 4.70. The standard InChI is InChI=1S/C19H24N4O5S/c1-3-28-19(25)14-6-4-8-16(10-14)21-18(24)15-7-5-9-23(11-15)29(26,27)17-12-22(2)13-20-17/h4,6,8,10,12-13,15H,3,5,7,9,11H2,1-2H3,(H,21,24). The van der Waals surface area contributed by atoms with Crippen molar-refractivity contribution in [3.63, 3.8) is 0 Å². The van der Waals surface area contributed by atoms with Crippen LogP contribution in [0.4, 0.5) is 5.69 Å². The van der Waals surface area contributed by atoms with Crippen molar-refractivity contribution in [1.82, 2.24) is 13.9 Å². The minimum atomic E-state index is -3.74. The van der Waals surface area contributed by atoms with E-state index in [0.29, 0.717) is 30.6 Å². The Labute approximate surface area is 169 Å². The van der Waals surface area contributed by atoms with Crippen LogP contribution in [0.3, 0.4) is 0 Å². The van der Waals surface area contributed by atoms with Crippen LogP contribution in [0, 0.1) is 5.92 Å². The Kier molecular flexibility index (Phi) is 6.33. The normalized spacial score (nSPS) is 17.7. The summed E-state index contributed by atoms with van der Waals surface area (Å²) in [6, 6.07) is 6.48. The summed E-state index contributed by atoms with van der Waals surface area (Å²) in [6.07, 6.45) is 4.03. The first-order valence-electron chi connectivity index (χ1n) is 9.37. The molecule has 1 amide bonds. The summed E-state index contributed by atoms with van der Waals surface area (Å²) in [5, 5.41) is 2.75. The lowest BCUT2D eigenvalue weighted by atomic mass is 9.98. The van der Waals surface area contributed by atoms with E-state index in [9.17, 15) is 18.0 Å². The number of benzene rings is 1. The van der Waals surface area contributed by atoms with Crippen molar-refractivity contribution in [2.45, 2.75) is 24.8 Å². The van der Waals surface area contributed by atoms with E-state index >= 15 is 0 Å². The van der Waals surface area contributed by atoms with Crippen LogP contribution in [0.15, 0.2) is 41.8 Å². The molecular formula is C19H24N4O5S. The lowest BCUT2D eigenvalue weighted by Gasteiger charge is -2.30. The molecule has 2 aromatic rings. The van der Waals surface area contributed by atoms with Crippen molar-refractivity contribution in [2.24, 2.45) is 13.0 Å². The number of carbonyl (C=O) groups excluding carboxylic acids is 2. The van der Waals surface area contributed by atoms with Crippen LogP contribution >= 0.6 is 0 Å². The Morgan fingerprint density at radius 2 is 2.14 bits per heavy atom. The van der Waals surface area contributed by atoms with E-state index in [-0.39, 0.29) is 24.1 Å². The summed E-state index contributed by atoms with van der Waals surface area (Å²) >= 11 is 0. The van der Waals surface area contributed by atoms with Gasteiger partial charge in [0.2, 0.25) is 5.91 Å². The van der Waals surface area contributed by atoms with Gasteiger partial charge in [-0.15, -0.1) is 0 Å². The van der Waals surface area contributed by atoms with E-state index in [1.807, 2.05) is 0 Å². The third kappa shape index (κ3) is 4.83. The molecule has 0 saturated carbocycles.